The smallest absolute Gasteiger partial charge is 0.245 e. The molecule has 1 atom stereocenters. The molecule has 3 heteroatoms. The molecule has 3 nitrogen and oxygen atoms in total. The minimum absolute atomic E-state index is 0.0942. The van der Waals surface area contributed by atoms with Gasteiger partial charge in [-0.05, 0) is 43.6 Å². The number of piperidine rings is 1. The van der Waals surface area contributed by atoms with Gasteiger partial charge in [0, 0.05) is 26.3 Å². The van der Waals surface area contributed by atoms with Crippen LogP contribution in [0.15, 0.2) is 12.7 Å². The Morgan fingerprint density at radius 1 is 1.25 bits per heavy atom. The van der Waals surface area contributed by atoms with E-state index in [0.29, 0.717) is 5.92 Å². The molecule has 2 heterocycles. The number of nitrogens with zero attached hydrogens (tertiary/aromatic N) is 1. The first-order chi connectivity index (χ1) is 7.81. The predicted molar refractivity (Wildman–Crippen MR) is 63.0 cm³/mol. The number of likely N-dealkylation sites (tertiary alicyclic amines) is 1. The Balaban J connectivity index is 1.90. The summed E-state index contributed by atoms with van der Waals surface area (Å²) < 4.78 is 5.39. The number of ether oxygens (including phenoxy) is 1. The maximum absolute atomic E-state index is 11.6. The summed E-state index contributed by atoms with van der Waals surface area (Å²) in [5.41, 5.74) is 0. The molecule has 1 unspecified atom stereocenters. The highest BCUT2D eigenvalue weighted by Gasteiger charge is 2.29. The number of amides is 1. The quantitative estimate of drug-likeness (QED) is 0.668. The minimum atomic E-state index is 0.0942. The van der Waals surface area contributed by atoms with Crippen molar-refractivity contribution in [3.63, 3.8) is 0 Å². The molecule has 0 spiro atoms. The van der Waals surface area contributed by atoms with Crippen LogP contribution in [-0.2, 0) is 9.53 Å². The summed E-state index contributed by atoms with van der Waals surface area (Å²) >= 11 is 0. The van der Waals surface area contributed by atoms with E-state index < -0.39 is 0 Å². The predicted octanol–water partition coefficient (Wildman–Crippen LogP) is 1.84. The lowest BCUT2D eigenvalue weighted by molar-refractivity contribution is -0.128. The standard InChI is InChI=1S/C13H21NO2/c1-2-13(15)14-7-3-4-12(10-14)11-5-8-16-9-6-11/h2,11-12H,1,3-10H2. The first-order valence-corrected chi connectivity index (χ1v) is 6.30. The molecule has 2 aliphatic rings. The molecule has 0 aromatic heterocycles. The van der Waals surface area contributed by atoms with E-state index in [-0.39, 0.29) is 5.91 Å². The van der Waals surface area contributed by atoms with E-state index in [1.165, 1.54) is 25.3 Å². The molecule has 0 saturated carbocycles. The first kappa shape index (κ1) is 11.6. The van der Waals surface area contributed by atoms with Crippen molar-refractivity contribution >= 4 is 5.91 Å². The molecule has 0 aromatic carbocycles. The first-order valence-electron chi connectivity index (χ1n) is 6.30. The van der Waals surface area contributed by atoms with Crippen LogP contribution in [0.1, 0.15) is 25.7 Å². The SMILES string of the molecule is C=CC(=O)N1CCCC(C2CCOCC2)C1. The molecule has 2 saturated heterocycles. The zero-order chi connectivity index (χ0) is 11.4. The maximum atomic E-state index is 11.6. The van der Waals surface area contributed by atoms with Crippen LogP contribution in [0.3, 0.4) is 0 Å². The summed E-state index contributed by atoms with van der Waals surface area (Å²) in [6.45, 7) is 7.19. The van der Waals surface area contributed by atoms with E-state index in [2.05, 4.69) is 6.58 Å². The molecular formula is C13H21NO2. The van der Waals surface area contributed by atoms with E-state index in [9.17, 15) is 4.79 Å². The van der Waals surface area contributed by atoms with E-state index in [4.69, 9.17) is 4.74 Å². The van der Waals surface area contributed by atoms with Crippen LogP contribution in [0.2, 0.25) is 0 Å². The number of hydrogen-bond acceptors (Lipinski definition) is 2. The zero-order valence-electron chi connectivity index (χ0n) is 9.86. The van der Waals surface area contributed by atoms with Crippen LogP contribution in [0.5, 0.6) is 0 Å². The number of hydrogen-bond donors (Lipinski definition) is 0. The number of carbonyl (C=O) groups excluding carboxylic acids is 1. The van der Waals surface area contributed by atoms with Crippen molar-refractivity contribution in [3.05, 3.63) is 12.7 Å². The highest BCUT2D eigenvalue weighted by atomic mass is 16.5. The van der Waals surface area contributed by atoms with Crippen molar-refractivity contribution in [1.82, 2.24) is 4.90 Å². The van der Waals surface area contributed by atoms with Gasteiger partial charge < -0.3 is 9.64 Å². The fraction of sp³-hybridized carbons (Fsp3) is 0.769. The van der Waals surface area contributed by atoms with Gasteiger partial charge in [-0.3, -0.25) is 4.79 Å². The molecule has 0 N–H and O–H groups in total. The van der Waals surface area contributed by atoms with Gasteiger partial charge in [0.1, 0.15) is 0 Å². The van der Waals surface area contributed by atoms with Gasteiger partial charge in [-0.1, -0.05) is 6.58 Å². The van der Waals surface area contributed by atoms with E-state index in [1.54, 1.807) is 0 Å². The van der Waals surface area contributed by atoms with Gasteiger partial charge in [-0.15, -0.1) is 0 Å². The van der Waals surface area contributed by atoms with Crippen LogP contribution in [-0.4, -0.2) is 37.1 Å². The van der Waals surface area contributed by atoms with Crippen LogP contribution in [0, 0.1) is 11.8 Å². The normalized spacial score (nSPS) is 27.8. The second kappa shape index (κ2) is 5.48. The van der Waals surface area contributed by atoms with Gasteiger partial charge in [0.05, 0.1) is 0 Å². The highest BCUT2D eigenvalue weighted by Crippen LogP contribution is 2.30. The molecule has 2 aliphatic heterocycles. The summed E-state index contributed by atoms with van der Waals surface area (Å²) in [5.74, 6) is 1.53. The molecule has 0 aliphatic carbocycles. The van der Waals surface area contributed by atoms with Gasteiger partial charge in [0.25, 0.3) is 0 Å². The fourth-order valence-corrected chi connectivity index (χ4v) is 2.91. The topological polar surface area (TPSA) is 29.5 Å². The van der Waals surface area contributed by atoms with E-state index >= 15 is 0 Å². The molecule has 16 heavy (non-hydrogen) atoms. The second-order valence-electron chi connectivity index (χ2n) is 4.84. The van der Waals surface area contributed by atoms with Crippen LogP contribution in [0.25, 0.3) is 0 Å². The minimum Gasteiger partial charge on any atom is -0.381 e. The Morgan fingerprint density at radius 2 is 2.00 bits per heavy atom. The third-order valence-corrected chi connectivity index (χ3v) is 3.88. The van der Waals surface area contributed by atoms with Crippen molar-refractivity contribution in [3.8, 4) is 0 Å². The van der Waals surface area contributed by atoms with Gasteiger partial charge >= 0.3 is 0 Å². The average molecular weight is 223 g/mol. The summed E-state index contributed by atoms with van der Waals surface area (Å²) in [5, 5.41) is 0. The van der Waals surface area contributed by atoms with Crippen LogP contribution in [0.4, 0.5) is 0 Å². The molecule has 2 fully saturated rings. The molecular weight excluding hydrogens is 202 g/mol. The number of carbonyl (C=O) groups is 1. The lowest BCUT2D eigenvalue weighted by atomic mass is 9.81. The monoisotopic (exact) mass is 223 g/mol. The van der Waals surface area contributed by atoms with Crippen molar-refractivity contribution in [2.24, 2.45) is 11.8 Å². The summed E-state index contributed by atoms with van der Waals surface area (Å²) in [6.07, 6.45) is 6.18. The average Bonchev–Trinajstić information content (AvgIpc) is 2.39. The van der Waals surface area contributed by atoms with Crippen molar-refractivity contribution in [1.29, 1.82) is 0 Å². The van der Waals surface area contributed by atoms with Crippen molar-refractivity contribution in [2.75, 3.05) is 26.3 Å². The van der Waals surface area contributed by atoms with E-state index in [0.717, 1.165) is 38.6 Å². The molecule has 0 bridgehead atoms. The van der Waals surface area contributed by atoms with Gasteiger partial charge in [0.15, 0.2) is 0 Å². The zero-order valence-corrected chi connectivity index (χ0v) is 9.86. The Hall–Kier alpha value is -0.830. The molecule has 0 radical (unpaired) electrons. The van der Waals surface area contributed by atoms with Gasteiger partial charge in [-0.2, -0.15) is 0 Å². The lowest BCUT2D eigenvalue weighted by Gasteiger charge is -2.38. The summed E-state index contributed by atoms with van der Waals surface area (Å²) in [7, 11) is 0. The molecule has 1 amide bonds. The van der Waals surface area contributed by atoms with Crippen molar-refractivity contribution < 1.29 is 9.53 Å². The molecule has 2 rings (SSSR count). The lowest BCUT2D eigenvalue weighted by Crippen LogP contribution is -2.42. The fourth-order valence-electron chi connectivity index (χ4n) is 2.91. The summed E-state index contributed by atoms with van der Waals surface area (Å²) in [4.78, 5) is 13.5. The third kappa shape index (κ3) is 2.64. The van der Waals surface area contributed by atoms with E-state index in [1.807, 2.05) is 4.90 Å². The molecule has 90 valence electrons. The maximum Gasteiger partial charge on any atom is 0.245 e. The highest BCUT2D eigenvalue weighted by molar-refractivity contribution is 5.87. The van der Waals surface area contributed by atoms with Gasteiger partial charge in [-0.25, -0.2) is 0 Å². The largest absolute Gasteiger partial charge is 0.381 e. The Labute approximate surface area is 97.5 Å². The Morgan fingerprint density at radius 3 is 2.69 bits per heavy atom. The van der Waals surface area contributed by atoms with Crippen molar-refractivity contribution in [2.45, 2.75) is 25.7 Å². The number of rotatable bonds is 2. The molecule has 0 aromatic rings. The van der Waals surface area contributed by atoms with Crippen LogP contribution >= 0.6 is 0 Å². The Kier molecular flexibility index (Phi) is 3.99. The second-order valence-corrected chi connectivity index (χ2v) is 4.84. The summed E-state index contributed by atoms with van der Waals surface area (Å²) in [6, 6.07) is 0. The third-order valence-electron chi connectivity index (χ3n) is 3.88. The van der Waals surface area contributed by atoms with Gasteiger partial charge in [0.2, 0.25) is 5.91 Å². The van der Waals surface area contributed by atoms with Crippen LogP contribution < -0.4 is 0 Å². The Bertz CT molecular complexity index is 259.